The number of thiazole rings is 1. The largest absolute Gasteiger partial charge is 0.364 e. The molecular formula is C19H26BF2N5O2S. The van der Waals surface area contributed by atoms with Crippen LogP contribution in [0.1, 0.15) is 32.1 Å². The highest BCUT2D eigenvalue weighted by Gasteiger charge is 2.48. The first-order chi connectivity index (χ1) is 14.4. The Labute approximate surface area is 180 Å². The molecule has 0 saturated carbocycles. The average Bonchev–Trinajstić information content (AvgIpc) is 3.18. The maximum Gasteiger partial charge on any atom is 0.263 e. The summed E-state index contributed by atoms with van der Waals surface area (Å²) in [7, 11) is 5.54. The first-order valence-electron chi connectivity index (χ1n) is 10.5. The molecular weight excluding hydrogens is 411 g/mol. The average molecular weight is 437 g/mol. The lowest BCUT2D eigenvalue weighted by molar-refractivity contribution is -0.133. The van der Waals surface area contributed by atoms with Crippen molar-refractivity contribution in [3.8, 4) is 0 Å². The van der Waals surface area contributed by atoms with Gasteiger partial charge in [-0.3, -0.25) is 14.9 Å². The molecule has 3 saturated heterocycles. The number of piperidine rings is 3. The molecule has 0 bridgehead atoms. The molecule has 1 aromatic heterocycles. The number of halogens is 2. The highest BCUT2D eigenvalue weighted by atomic mass is 32.1. The minimum Gasteiger partial charge on any atom is -0.364 e. The van der Waals surface area contributed by atoms with E-state index in [0.717, 1.165) is 23.0 Å². The zero-order chi connectivity index (χ0) is 21.3. The van der Waals surface area contributed by atoms with E-state index < -0.39 is 17.9 Å². The smallest absolute Gasteiger partial charge is 0.263 e. The Hall–Kier alpha value is -1.75. The van der Waals surface area contributed by atoms with Crippen molar-refractivity contribution in [2.24, 2.45) is 11.8 Å². The van der Waals surface area contributed by atoms with E-state index in [4.69, 9.17) is 7.85 Å². The fraction of sp³-hybridized carbons (Fsp3) is 0.737. The molecule has 11 heteroatoms. The molecule has 2 unspecified atom stereocenters. The number of alkyl halides is 2. The lowest BCUT2D eigenvalue weighted by Crippen LogP contribution is -2.52. The number of anilines is 2. The molecule has 0 spiro atoms. The quantitative estimate of drug-likeness (QED) is 0.539. The summed E-state index contributed by atoms with van der Waals surface area (Å²) in [5, 5.41) is 7.07. The van der Waals surface area contributed by atoms with Crippen LogP contribution in [0.5, 0.6) is 0 Å². The van der Waals surface area contributed by atoms with E-state index in [9.17, 15) is 18.4 Å². The fourth-order valence-electron chi connectivity index (χ4n) is 4.74. The zero-order valence-electron chi connectivity index (χ0n) is 16.8. The summed E-state index contributed by atoms with van der Waals surface area (Å²) in [4.78, 5) is 31.4. The van der Waals surface area contributed by atoms with Gasteiger partial charge in [0.15, 0.2) is 5.13 Å². The van der Waals surface area contributed by atoms with Gasteiger partial charge in [0.05, 0.1) is 20.6 Å². The summed E-state index contributed by atoms with van der Waals surface area (Å²) in [6.07, 6.45) is 4.58. The van der Waals surface area contributed by atoms with E-state index in [1.54, 1.807) is 11.1 Å². The Bertz CT molecular complexity index is 787. The molecule has 0 aromatic carbocycles. The maximum atomic E-state index is 14.6. The molecule has 2 N–H and O–H groups in total. The van der Waals surface area contributed by atoms with Crippen LogP contribution in [0.15, 0.2) is 6.20 Å². The highest BCUT2D eigenvalue weighted by Crippen LogP contribution is 2.42. The van der Waals surface area contributed by atoms with Gasteiger partial charge in [-0.1, -0.05) is 11.3 Å². The van der Waals surface area contributed by atoms with Crippen LogP contribution in [0.4, 0.5) is 18.9 Å². The minimum atomic E-state index is -2.69. The molecule has 3 aliphatic rings. The van der Waals surface area contributed by atoms with Crippen LogP contribution in [-0.4, -0.2) is 74.1 Å². The molecule has 3 aliphatic heterocycles. The van der Waals surface area contributed by atoms with Gasteiger partial charge in [0.25, 0.3) is 5.92 Å². The summed E-state index contributed by atoms with van der Waals surface area (Å²) >= 11 is 1.45. The monoisotopic (exact) mass is 437 g/mol. The van der Waals surface area contributed by atoms with Crippen LogP contribution in [-0.2, 0) is 9.59 Å². The first kappa shape index (κ1) is 21.5. The van der Waals surface area contributed by atoms with Crippen LogP contribution in [0.25, 0.3) is 0 Å². The number of hydrogen-bond donors (Lipinski definition) is 2. The second kappa shape index (κ2) is 8.78. The Morgan fingerprint density at radius 2 is 2.00 bits per heavy atom. The number of nitrogens with zero attached hydrogens (tertiary/aromatic N) is 3. The van der Waals surface area contributed by atoms with Crippen molar-refractivity contribution in [2.45, 2.75) is 44.1 Å². The van der Waals surface area contributed by atoms with Crippen molar-refractivity contribution in [1.29, 1.82) is 0 Å². The molecule has 2 amide bonds. The van der Waals surface area contributed by atoms with Gasteiger partial charge < -0.3 is 15.1 Å². The Morgan fingerprint density at radius 1 is 1.23 bits per heavy atom. The van der Waals surface area contributed by atoms with Gasteiger partial charge >= 0.3 is 0 Å². The normalized spacial score (nSPS) is 28.4. The van der Waals surface area contributed by atoms with E-state index in [1.165, 1.54) is 11.3 Å². The predicted molar refractivity (Wildman–Crippen MR) is 112 cm³/mol. The maximum absolute atomic E-state index is 14.6. The fourth-order valence-corrected chi connectivity index (χ4v) is 5.66. The van der Waals surface area contributed by atoms with Gasteiger partial charge in [-0.25, -0.2) is 13.8 Å². The van der Waals surface area contributed by atoms with Gasteiger partial charge in [-0.2, -0.15) is 0 Å². The summed E-state index contributed by atoms with van der Waals surface area (Å²) in [6, 6.07) is -0.441. The van der Waals surface area contributed by atoms with Crippen LogP contribution in [0, 0.1) is 11.8 Å². The molecule has 3 fully saturated rings. The third-order valence-electron chi connectivity index (χ3n) is 6.42. The van der Waals surface area contributed by atoms with Crippen LogP contribution < -0.4 is 15.5 Å². The second-order valence-electron chi connectivity index (χ2n) is 8.37. The number of aromatic nitrogens is 1. The van der Waals surface area contributed by atoms with Crippen LogP contribution in [0.3, 0.4) is 0 Å². The Balaban J connectivity index is 1.31. The summed E-state index contributed by atoms with van der Waals surface area (Å²) < 4.78 is 29.2. The Kier molecular flexibility index (Phi) is 6.29. The molecule has 7 nitrogen and oxygen atoms in total. The van der Waals surface area contributed by atoms with Crippen molar-refractivity contribution in [1.82, 2.24) is 15.2 Å². The molecule has 1 aromatic rings. The molecule has 4 rings (SSSR count). The van der Waals surface area contributed by atoms with Crippen molar-refractivity contribution in [3.63, 3.8) is 0 Å². The summed E-state index contributed by atoms with van der Waals surface area (Å²) in [6.45, 7) is 1.79. The number of carbonyl (C=O) groups is 2. The number of imide groups is 1. The van der Waals surface area contributed by atoms with Gasteiger partial charge in [-0.15, -0.1) is 0 Å². The van der Waals surface area contributed by atoms with E-state index in [1.807, 2.05) is 0 Å². The standard InChI is InChI=1S/C19H26BF2N5O2S/c20-11-26-6-5-13(19(21,22)10-26)12-3-7-27(8-4-12)18-23-9-16(30-18)24-14-1-2-15(28)25-17(14)29/h9,12-14,24H,1-8,10-11H2,(H,25,28,29). The number of amides is 2. The number of likely N-dealkylation sites (tertiary alicyclic amines) is 1. The molecule has 2 radical (unpaired) electrons. The van der Waals surface area contributed by atoms with Crippen LogP contribution in [0.2, 0.25) is 0 Å². The number of carbonyl (C=O) groups excluding carboxylic acids is 2. The van der Waals surface area contributed by atoms with Gasteiger partial charge in [0, 0.05) is 25.4 Å². The van der Waals surface area contributed by atoms with Crippen molar-refractivity contribution in [2.75, 3.05) is 42.8 Å². The molecule has 0 aliphatic carbocycles. The molecule has 4 heterocycles. The van der Waals surface area contributed by atoms with Gasteiger partial charge in [-0.05, 0) is 44.6 Å². The van der Waals surface area contributed by atoms with Crippen molar-refractivity contribution >= 4 is 41.1 Å². The molecule has 162 valence electrons. The van der Waals surface area contributed by atoms with Crippen LogP contribution >= 0.6 is 11.3 Å². The number of nitrogens with one attached hydrogen (secondary N) is 2. The highest BCUT2D eigenvalue weighted by molar-refractivity contribution is 7.19. The topological polar surface area (TPSA) is 77.6 Å². The van der Waals surface area contributed by atoms with E-state index in [2.05, 4.69) is 20.5 Å². The predicted octanol–water partition coefficient (Wildman–Crippen LogP) is 1.66. The first-order valence-corrected chi connectivity index (χ1v) is 11.3. The zero-order valence-corrected chi connectivity index (χ0v) is 17.6. The number of rotatable bonds is 5. The van der Waals surface area contributed by atoms with Crippen molar-refractivity contribution in [3.05, 3.63) is 6.20 Å². The van der Waals surface area contributed by atoms with E-state index >= 15 is 0 Å². The third-order valence-corrected chi connectivity index (χ3v) is 7.41. The third kappa shape index (κ3) is 4.61. The lowest BCUT2D eigenvalue weighted by atomic mass is 9.76. The lowest BCUT2D eigenvalue weighted by Gasteiger charge is -2.44. The van der Waals surface area contributed by atoms with Gasteiger partial charge in [0.1, 0.15) is 11.0 Å². The molecule has 2 atom stereocenters. The number of hydrogen-bond acceptors (Lipinski definition) is 7. The SMILES string of the molecule is [B]CN1CCC(C2CCN(c3ncc(NC4CCC(=O)NC4=O)s3)CC2)C(F)(F)C1. The Morgan fingerprint density at radius 3 is 2.67 bits per heavy atom. The van der Waals surface area contributed by atoms with Gasteiger partial charge in [0.2, 0.25) is 11.8 Å². The van der Waals surface area contributed by atoms with E-state index in [0.29, 0.717) is 38.9 Å². The summed E-state index contributed by atoms with van der Waals surface area (Å²) in [5.74, 6) is -3.82. The summed E-state index contributed by atoms with van der Waals surface area (Å²) in [5.41, 5.74) is 0. The van der Waals surface area contributed by atoms with E-state index in [-0.39, 0.29) is 30.7 Å². The minimum absolute atomic E-state index is 0.0113. The molecule has 30 heavy (non-hydrogen) atoms. The van der Waals surface area contributed by atoms with Crippen molar-refractivity contribution < 1.29 is 18.4 Å². The second-order valence-corrected chi connectivity index (χ2v) is 9.38.